The van der Waals surface area contributed by atoms with E-state index < -0.39 is 0 Å². The highest BCUT2D eigenvalue weighted by atomic mass is 127. The lowest BCUT2D eigenvalue weighted by molar-refractivity contribution is 0.352. The third-order valence-corrected chi connectivity index (χ3v) is 5.08. The molecule has 0 amide bonds. The average molecular weight is 407 g/mol. The minimum absolute atomic E-state index is 0.162. The van der Waals surface area contributed by atoms with Gasteiger partial charge in [0.15, 0.2) is 0 Å². The van der Waals surface area contributed by atoms with Gasteiger partial charge in [0.2, 0.25) is 0 Å². The normalized spacial score (nSPS) is 18.6. The number of hydrogen-bond acceptors (Lipinski definition) is 1. The summed E-state index contributed by atoms with van der Waals surface area (Å²) < 4.78 is 16.7. The molecule has 1 aromatic heterocycles. The first-order valence-corrected chi connectivity index (χ1v) is 8.60. The van der Waals surface area contributed by atoms with Crippen LogP contribution >= 0.6 is 34.2 Å². The molecule has 0 saturated heterocycles. The SMILES string of the molecule is CC(Cl)c1nc2cc(I)c(F)cc2n1C1CCCCC1. The van der Waals surface area contributed by atoms with Crippen molar-refractivity contribution >= 4 is 45.2 Å². The lowest BCUT2D eigenvalue weighted by Gasteiger charge is -2.26. The molecule has 1 unspecified atom stereocenters. The molecule has 0 N–H and O–H groups in total. The molecule has 1 saturated carbocycles. The molecule has 0 aliphatic heterocycles. The van der Waals surface area contributed by atoms with Crippen molar-refractivity contribution in [2.75, 3.05) is 0 Å². The standard InChI is InChI=1S/C15H17ClFIN2/c1-9(16)15-19-13-8-12(18)11(17)7-14(13)20(15)10-5-3-2-4-6-10/h7-10H,2-6H2,1H3. The highest BCUT2D eigenvalue weighted by Gasteiger charge is 2.24. The van der Waals surface area contributed by atoms with Gasteiger partial charge in [-0.2, -0.15) is 0 Å². The topological polar surface area (TPSA) is 17.8 Å². The summed E-state index contributed by atoms with van der Waals surface area (Å²) in [4.78, 5) is 4.65. The van der Waals surface area contributed by atoms with Crippen LogP contribution < -0.4 is 0 Å². The Hall–Kier alpha value is -0.360. The van der Waals surface area contributed by atoms with Gasteiger partial charge in [0.25, 0.3) is 0 Å². The summed E-state index contributed by atoms with van der Waals surface area (Å²) >= 11 is 8.31. The Kier molecular flexibility index (Phi) is 4.22. The molecule has 0 spiro atoms. The Morgan fingerprint density at radius 3 is 2.70 bits per heavy atom. The van der Waals surface area contributed by atoms with E-state index in [1.165, 1.54) is 19.3 Å². The van der Waals surface area contributed by atoms with Gasteiger partial charge < -0.3 is 4.57 Å². The van der Waals surface area contributed by atoms with Gasteiger partial charge in [0.05, 0.1) is 20.0 Å². The molecule has 1 aliphatic rings. The number of benzene rings is 1. The summed E-state index contributed by atoms with van der Waals surface area (Å²) in [5, 5.41) is -0.162. The van der Waals surface area contributed by atoms with Crippen LogP contribution in [-0.2, 0) is 0 Å². The molecule has 1 aromatic carbocycles. The van der Waals surface area contributed by atoms with Gasteiger partial charge in [0, 0.05) is 12.1 Å². The van der Waals surface area contributed by atoms with Crippen LogP contribution in [0.3, 0.4) is 0 Å². The van der Waals surface area contributed by atoms with E-state index in [9.17, 15) is 4.39 Å². The molecule has 1 heterocycles. The van der Waals surface area contributed by atoms with Crippen LogP contribution in [0.25, 0.3) is 11.0 Å². The smallest absolute Gasteiger partial charge is 0.138 e. The predicted octanol–water partition coefficient (Wildman–Crippen LogP) is 5.59. The van der Waals surface area contributed by atoms with Gasteiger partial charge in [-0.3, -0.25) is 0 Å². The lowest BCUT2D eigenvalue weighted by atomic mass is 9.95. The first kappa shape index (κ1) is 14.6. The van der Waals surface area contributed by atoms with E-state index in [2.05, 4.69) is 9.55 Å². The van der Waals surface area contributed by atoms with E-state index in [1.54, 1.807) is 6.07 Å². The number of halogens is 3. The number of nitrogens with zero attached hydrogens (tertiary/aromatic N) is 2. The first-order valence-electron chi connectivity index (χ1n) is 7.09. The zero-order valence-corrected chi connectivity index (χ0v) is 14.3. The maximum absolute atomic E-state index is 13.9. The number of hydrogen-bond donors (Lipinski definition) is 0. The number of rotatable bonds is 2. The highest BCUT2D eigenvalue weighted by molar-refractivity contribution is 14.1. The van der Waals surface area contributed by atoms with Gasteiger partial charge in [-0.1, -0.05) is 19.3 Å². The maximum atomic E-state index is 13.9. The monoisotopic (exact) mass is 406 g/mol. The van der Waals surface area contributed by atoms with Gasteiger partial charge >= 0.3 is 0 Å². The van der Waals surface area contributed by atoms with E-state index in [0.717, 1.165) is 29.7 Å². The second kappa shape index (κ2) is 5.79. The average Bonchev–Trinajstić information content (AvgIpc) is 2.79. The first-order chi connectivity index (χ1) is 9.58. The summed E-state index contributed by atoms with van der Waals surface area (Å²) in [6.45, 7) is 1.93. The Balaban J connectivity index is 2.20. The van der Waals surface area contributed by atoms with E-state index in [1.807, 2.05) is 35.6 Å². The largest absolute Gasteiger partial charge is 0.324 e. The van der Waals surface area contributed by atoms with Crippen LogP contribution in [0, 0.1) is 9.39 Å². The second-order valence-electron chi connectivity index (χ2n) is 5.50. The van der Waals surface area contributed by atoms with Gasteiger partial charge in [-0.15, -0.1) is 11.6 Å². The third-order valence-electron chi connectivity index (χ3n) is 4.05. The Bertz CT molecular complexity index is 632. The van der Waals surface area contributed by atoms with Crippen molar-refractivity contribution in [3.05, 3.63) is 27.3 Å². The van der Waals surface area contributed by atoms with Crippen molar-refractivity contribution in [2.24, 2.45) is 0 Å². The molecule has 1 atom stereocenters. The fourth-order valence-corrected chi connectivity index (χ4v) is 3.72. The molecule has 0 radical (unpaired) electrons. The molecular formula is C15H17ClFIN2. The molecule has 2 aromatic rings. The summed E-state index contributed by atoms with van der Waals surface area (Å²) in [5.41, 5.74) is 1.74. The van der Waals surface area contributed by atoms with Crippen LogP contribution in [0.4, 0.5) is 4.39 Å². The van der Waals surface area contributed by atoms with Crippen LogP contribution in [0.1, 0.15) is 56.3 Å². The lowest BCUT2D eigenvalue weighted by Crippen LogP contribution is -2.15. The highest BCUT2D eigenvalue weighted by Crippen LogP contribution is 2.36. The van der Waals surface area contributed by atoms with Gasteiger partial charge in [-0.25, -0.2) is 9.37 Å². The summed E-state index contributed by atoms with van der Waals surface area (Å²) in [6, 6.07) is 3.83. The van der Waals surface area contributed by atoms with Crippen molar-refractivity contribution in [1.82, 2.24) is 9.55 Å². The van der Waals surface area contributed by atoms with Crippen LogP contribution in [-0.4, -0.2) is 9.55 Å². The quantitative estimate of drug-likeness (QED) is 0.470. The number of alkyl halides is 1. The van der Waals surface area contributed by atoms with Crippen LogP contribution in [0.15, 0.2) is 12.1 Å². The molecule has 0 bridgehead atoms. The molecule has 108 valence electrons. The number of imidazole rings is 1. The zero-order chi connectivity index (χ0) is 14.3. The van der Waals surface area contributed by atoms with Gasteiger partial charge in [0.1, 0.15) is 11.6 Å². The van der Waals surface area contributed by atoms with Gasteiger partial charge in [-0.05, 0) is 48.4 Å². The molecule has 1 fully saturated rings. The van der Waals surface area contributed by atoms with Crippen molar-refractivity contribution in [1.29, 1.82) is 0 Å². The Morgan fingerprint density at radius 2 is 2.05 bits per heavy atom. The molecule has 5 heteroatoms. The summed E-state index contributed by atoms with van der Waals surface area (Å²) in [6.07, 6.45) is 6.02. The zero-order valence-electron chi connectivity index (χ0n) is 11.4. The molecule has 3 rings (SSSR count). The molecule has 20 heavy (non-hydrogen) atoms. The molecule has 1 aliphatic carbocycles. The Morgan fingerprint density at radius 1 is 1.35 bits per heavy atom. The number of fused-ring (bicyclic) bond motifs is 1. The third kappa shape index (κ3) is 2.56. The van der Waals surface area contributed by atoms with Crippen molar-refractivity contribution in [3.63, 3.8) is 0 Å². The summed E-state index contributed by atoms with van der Waals surface area (Å²) in [5.74, 6) is 0.693. The summed E-state index contributed by atoms with van der Waals surface area (Å²) in [7, 11) is 0. The molecular weight excluding hydrogens is 390 g/mol. The minimum atomic E-state index is -0.177. The maximum Gasteiger partial charge on any atom is 0.138 e. The van der Waals surface area contributed by atoms with Crippen LogP contribution in [0.2, 0.25) is 0 Å². The van der Waals surface area contributed by atoms with E-state index in [4.69, 9.17) is 11.6 Å². The minimum Gasteiger partial charge on any atom is -0.324 e. The van der Waals surface area contributed by atoms with Crippen molar-refractivity contribution in [2.45, 2.75) is 50.4 Å². The predicted molar refractivity (Wildman–Crippen MR) is 88.8 cm³/mol. The Labute approximate surface area is 136 Å². The molecule has 2 nitrogen and oxygen atoms in total. The second-order valence-corrected chi connectivity index (χ2v) is 7.32. The fraction of sp³-hybridized carbons (Fsp3) is 0.533. The van der Waals surface area contributed by atoms with E-state index >= 15 is 0 Å². The fourth-order valence-electron chi connectivity index (χ4n) is 3.11. The van der Waals surface area contributed by atoms with E-state index in [-0.39, 0.29) is 11.2 Å². The number of aromatic nitrogens is 2. The van der Waals surface area contributed by atoms with Crippen molar-refractivity contribution < 1.29 is 4.39 Å². The van der Waals surface area contributed by atoms with E-state index in [0.29, 0.717) is 9.61 Å². The van der Waals surface area contributed by atoms with Crippen LogP contribution in [0.5, 0.6) is 0 Å². The van der Waals surface area contributed by atoms with Crippen molar-refractivity contribution in [3.8, 4) is 0 Å².